The maximum absolute atomic E-state index is 12.5. The first-order valence-electron chi connectivity index (χ1n) is 6.93. The summed E-state index contributed by atoms with van der Waals surface area (Å²) < 4.78 is 38.9. The Kier molecular flexibility index (Phi) is 4.80. The summed E-state index contributed by atoms with van der Waals surface area (Å²) in [5.41, 5.74) is 0.758. The van der Waals surface area contributed by atoms with Gasteiger partial charge in [-0.05, 0) is 36.5 Å². The molecular formula is C14H17F3N4O. The molecule has 8 heteroatoms. The van der Waals surface area contributed by atoms with Crippen LogP contribution in [0.4, 0.5) is 13.2 Å². The lowest BCUT2D eigenvalue weighted by atomic mass is 10.0. The zero-order chi connectivity index (χ0) is 16.3. The Labute approximate surface area is 125 Å². The number of aromatic nitrogens is 4. The summed E-state index contributed by atoms with van der Waals surface area (Å²) in [6, 6.07) is 2.12. The predicted octanol–water partition coefficient (Wildman–Crippen LogP) is 2.73. The molecule has 5 nitrogen and oxygen atoms in total. The average molecular weight is 314 g/mol. The van der Waals surface area contributed by atoms with Crippen molar-refractivity contribution >= 4 is 0 Å². The molecule has 0 atom stereocenters. The zero-order valence-electron chi connectivity index (χ0n) is 12.3. The first kappa shape index (κ1) is 16.4. The van der Waals surface area contributed by atoms with Gasteiger partial charge in [-0.25, -0.2) is 4.68 Å². The second-order valence-electron chi connectivity index (χ2n) is 5.24. The third kappa shape index (κ3) is 3.62. The molecule has 0 aliphatic carbocycles. The maximum Gasteiger partial charge on any atom is 0.435 e. The van der Waals surface area contributed by atoms with Crippen molar-refractivity contribution in [3.8, 4) is 5.82 Å². The van der Waals surface area contributed by atoms with Crippen LogP contribution in [-0.2, 0) is 12.6 Å². The fourth-order valence-corrected chi connectivity index (χ4v) is 2.09. The second kappa shape index (κ2) is 6.43. The quantitative estimate of drug-likeness (QED) is 0.921. The van der Waals surface area contributed by atoms with Crippen LogP contribution in [0, 0.1) is 0 Å². The van der Waals surface area contributed by atoms with Crippen molar-refractivity contribution in [2.45, 2.75) is 38.8 Å². The lowest BCUT2D eigenvalue weighted by Gasteiger charge is -2.05. The van der Waals surface area contributed by atoms with Gasteiger partial charge >= 0.3 is 6.18 Å². The summed E-state index contributed by atoms with van der Waals surface area (Å²) in [6.45, 7) is 4.03. The molecule has 0 aliphatic heterocycles. The van der Waals surface area contributed by atoms with Gasteiger partial charge in [0.05, 0.1) is 5.69 Å². The number of aliphatic hydroxyl groups is 1. The van der Waals surface area contributed by atoms with Gasteiger partial charge in [-0.3, -0.25) is 0 Å². The van der Waals surface area contributed by atoms with Crippen molar-refractivity contribution in [3.63, 3.8) is 0 Å². The van der Waals surface area contributed by atoms with Crippen LogP contribution >= 0.6 is 0 Å². The largest absolute Gasteiger partial charge is 0.435 e. The van der Waals surface area contributed by atoms with E-state index in [-0.39, 0.29) is 18.3 Å². The van der Waals surface area contributed by atoms with Crippen LogP contribution in [-0.4, -0.2) is 31.7 Å². The van der Waals surface area contributed by atoms with E-state index in [1.54, 1.807) is 6.20 Å². The Balaban J connectivity index is 2.32. The Morgan fingerprint density at radius 1 is 1.23 bits per heavy atom. The van der Waals surface area contributed by atoms with Crippen LogP contribution in [0.5, 0.6) is 0 Å². The fraction of sp³-hybridized carbons (Fsp3) is 0.500. The highest BCUT2D eigenvalue weighted by Gasteiger charge is 2.33. The van der Waals surface area contributed by atoms with Crippen LogP contribution in [0.2, 0.25) is 0 Å². The van der Waals surface area contributed by atoms with Gasteiger partial charge in [0.1, 0.15) is 0 Å². The third-order valence-electron chi connectivity index (χ3n) is 3.15. The lowest BCUT2D eigenvalue weighted by Crippen LogP contribution is -2.10. The number of halogens is 3. The molecule has 2 aromatic heterocycles. The van der Waals surface area contributed by atoms with E-state index in [4.69, 9.17) is 5.11 Å². The predicted molar refractivity (Wildman–Crippen MR) is 73.7 cm³/mol. The second-order valence-corrected chi connectivity index (χ2v) is 5.24. The van der Waals surface area contributed by atoms with Crippen molar-refractivity contribution in [3.05, 3.63) is 35.3 Å². The molecule has 2 rings (SSSR count). The number of hydrogen-bond donors (Lipinski definition) is 1. The summed E-state index contributed by atoms with van der Waals surface area (Å²) in [7, 11) is 0. The molecule has 120 valence electrons. The van der Waals surface area contributed by atoms with Gasteiger partial charge in [-0.15, -0.1) is 10.2 Å². The van der Waals surface area contributed by atoms with Gasteiger partial charge in [0, 0.05) is 12.8 Å². The third-order valence-corrected chi connectivity index (χ3v) is 3.15. The Morgan fingerprint density at radius 3 is 2.45 bits per heavy atom. The highest BCUT2D eigenvalue weighted by Crippen LogP contribution is 2.27. The Hall–Kier alpha value is -1.96. The van der Waals surface area contributed by atoms with Crippen LogP contribution in [0.1, 0.15) is 43.1 Å². The van der Waals surface area contributed by atoms with Crippen molar-refractivity contribution in [2.24, 2.45) is 0 Å². The topological polar surface area (TPSA) is 63.8 Å². The summed E-state index contributed by atoms with van der Waals surface area (Å²) in [6.07, 6.45) is -1.53. The summed E-state index contributed by atoms with van der Waals surface area (Å²) in [5.74, 6) is 0.391. The number of nitrogens with zero attached hydrogens (tertiary/aromatic N) is 4. The van der Waals surface area contributed by atoms with E-state index < -0.39 is 11.9 Å². The Morgan fingerprint density at radius 2 is 1.95 bits per heavy atom. The maximum atomic E-state index is 12.5. The number of hydrogen-bond acceptors (Lipinski definition) is 4. The highest BCUT2D eigenvalue weighted by atomic mass is 19.4. The summed E-state index contributed by atoms with van der Waals surface area (Å²) >= 11 is 0. The number of alkyl halides is 3. The SMILES string of the molecule is CC(C)c1nn(-c2ccc(C(F)(F)F)nn2)cc1CCCO. The minimum absolute atomic E-state index is 0.0722. The molecule has 2 aromatic rings. The van der Waals surface area contributed by atoms with Crippen molar-refractivity contribution in [2.75, 3.05) is 6.61 Å². The van der Waals surface area contributed by atoms with Gasteiger partial charge in [0.2, 0.25) is 0 Å². The highest BCUT2D eigenvalue weighted by molar-refractivity contribution is 5.28. The molecule has 0 amide bonds. The molecule has 0 spiro atoms. The van der Waals surface area contributed by atoms with E-state index in [1.165, 1.54) is 10.7 Å². The zero-order valence-corrected chi connectivity index (χ0v) is 12.3. The smallest absolute Gasteiger partial charge is 0.396 e. The number of aliphatic hydroxyl groups excluding tert-OH is 1. The molecule has 2 heterocycles. The first-order chi connectivity index (χ1) is 10.3. The van der Waals surface area contributed by atoms with Crippen molar-refractivity contribution in [1.82, 2.24) is 20.0 Å². The van der Waals surface area contributed by atoms with Crippen molar-refractivity contribution in [1.29, 1.82) is 0 Å². The Bertz CT molecular complexity index is 620. The van der Waals surface area contributed by atoms with Gasteiger partial charge < -0.3 is 5.11 Å². The van der Waals surface area contributed by atoms with E-state index in [0.29, 0.717) is 12.8 Å². The van der Waals surface area contributed by atoms with Crippen LogP contribution in [0.25, 0.3) is 5.82 Å². The van der Waals surface area contributed by atoms with E-state index in [9.17, 15) is 13.2 Å². The molecule has 0 saturated heterocycles. The summed E-state index contributed by atoms with van der Waals surface area (Å²) in [4.78, 5) is 0. The van der Waals surface area contributed by atoms with E-state index in [1.807, 2.05) is 13.8 Å². The fourth-order valence-electron chi connectivity index (χ4n) is 2.09. The van der Waals surface area contributed by atoms with Crippen LogP contribution in [0.3, 0.4) is 0 Å². The molecule has 22 heavy (non-hydrogen) atoms. The molecule has 0 unspecified atom stereocenters. The number of rotatable bonds is 5. The monoisotopic (exact) mass is 314 g/mol. The van der Waals surface area contributed by atoms with Crippen molar-refractivity contribution < 1.29 is 18.3 Å². The molecule has 1 N–H and O–H groups in total. The number of aryl methyl sites for hydroxylation is 1. The first-order valence-corrected chi connectivity index (χ1v) is 6.93. The molecule has 0 aliphatic rings. The molecule has 0 fully saturated rings. The molecule has 0 bridgehead atoms. The van der Waals surface area contributed by atoms with Gasteiger partial charge in [0.25, 0.3) is 0 Å². The van der Waals surface area contributed by atoms with E-state index in [2.05, 4.69) is 15.3 Å². The summed E-state index contributed by atoms with van der Waals surface area (Å²) in [5, 5.41) is 20.1. The molecular weight excluding hydrogens is 297 g/mol. The van der Waals surface area contributed by atoms with Crippen LogP contribution < -0.4 is 0 Å². The molecule has 0 saturated carbocycles. The minimum Gasteiger partial charge on any atom is -0.396 e. The molecule has 0 aromatic carbocycles. The van der Waals surface area contributed by atoms with Gasteiger partial charge in [-0.1, -0.05) is 13.8 Å². The standard InChI is InChI=1S/C14H17F3N4O/c1-9(2)13-10(4-3-7-22)8-21(20-13)12-6-5-11(18-19-12)14(15,16)17/h5-6,8-9,22H,3-4,7H2,1-2H3. The van der Waals surface area contributed by atoms with Crippen LogP contribution in [0.15, 0.2) is 18.3 Å². The lowest BCUT2D eigenvalue weighted by molar-refractivity contribution is -0.141. The van der Waals surface area contributed by atoms with E-state index >= 15 is 0 Å². The minimum atomic E-state index is -4.51. The van der Waals surface area contributed by atoms with Gasteiger partial charge in [0.15, 0.2) is 11.5 Å². The van der Waals surface area contributed by atoms with E-state index in [0.717, 1.165) is 17.3 Å². The van der Waals surface area contributed by atoms with Gasteiger partial charge in [-0.2, -0.15) is 18.3 Å². The molecule has 0 radical (unpaired) electrons. The normalized spacial score (nSPS) is 12.1. The average Bonchev–Trinajstić information content (AvgIpc) is 2.88.